The molecule has 0 amide bonds. The Labute approximate surface area is 72.4 Å². The first kappa shape index (κ1) is 7.78. The molecule has 64 valence electrons. The fraction of sp³-hybridized carbons (Fsp3) is 0.455. The van der Waals surface area contributed by atoms with Gasteiger partial charge in [-0.15, -0.1) is 0 Å². The molecule has 0 nitrogen and oxygen atoms in total. The van der Waals surface area contributed by atoms with Gasteiger partial charge >= 0.3 is 0 Å². The molecule has 0 bridgehead atoms. The molecule has 12 heavy (non-hydrogen) atoms. The van der Waals surface area contributed by atoms with Gasteiger partial charge < -0.3 is 0 Å². The first-order chi connectivity index (χ1) is 5.75. The highest BCUT2D eigenvalue weighted by Gasteiger charge is 2.21. The van der Waals surface area contributed by atoms with E-state index in [4.69, 9.17) is 0 Å². The van der Waals surface area contributed by atoms with Crippen LogP contribution in [0.2, 0.25) is 0 Å². The molecule has 1 saturated carbocycles. The van der Waals surface area contributed by atoms with E-state index in [2.05, 4.69) is 0 Å². The summed E-state index contributed by atoms with van der Waals surface area (Å²) < 4.78 is 12.9. The van der Waals surface area contributed by atoms with Gasteiger partial charge in [-0.25, -0.2) is 4.39 Å². The topological polar surface area (TPSA) is 0 Å². The van der Waals surface area contributed by atoms with Gasteiger partial charge in [-0.2, -0.15) is 0 Å². The second-order valence-corrected chi connectivity index (χ2v) is 3.73. The summed E-state index contributed by atoms with van der Waals surface area (Å²) in [4.78, 5) is 0. The zero-order valence-electron chi connectivity index (χ0n) is 7.31. The van der Waals surface area contributed by atoms with Crippen LogP contribution in [0, 0.1) is 18.7 Å². The van der Waals surface area contributed by atoms with Gasteiger partial charge in [0.1, 0.15) is 5.82 Å². The van der Waals surface area contributed by atoms with Gasteiger partial charge in [-0.1, -0.05) is 12.1 Å². The van der Waals surface area contributed by atoms with Crippen molar-refractivity contribution < 1.29 is 4.39 Å². The monoisotopic (exact) mass is 164 g/mol. The summed E-state index contributed by atoms with van der Waals surface area (Å²) in [7, 11) is 0. The van der Waals surface area contributed by atoms with E-state index in [1.165, 1.54) is 18.4 Å². The molecule has 1 aromatic carbocycles. The molecular weight excluding hydrogens is 151 g/mol. The van der Waals surface area contributed by atoms with E-state index in [0.717, 1.165) is 17.9 Å². The molecule has 0 spiro atoms. The predicted molar refractivity (Wildman–Crippen MR) is 47.6 cm³/mol. The number of hydrogen-bond acceptors (Lipinski definition) is 0. The first-order valence-corrected chi connectivity index (χ1v) is 4.51. The van der Waals surface area contributed by atoms with Gasteiger partial charge in [0.25, 0.3) is 0 Å². The Bertz CT molecular complexity index is 287. The van der Waals surface area contributed by atoms with Crippen LogP contribution < -0.4 is 0 Å². The summed E-state index contributed by atoms with van der Waals surface area (Å²) in [5, 5.41) is 0. The fourth-order valence-corrected chi connectivity index (χ4v) is 1.49. The lowest BCUT2D eigenvalue weighted by atomic mass is 10.1. The van der Waals surface area contributed by atoms with E-state index in [-0.39, 0.29) is 5.82 Å². The number of benzene rings is 1. The van der Waals surface area contributed by atoms with Crippen molar-refractivity contribution in [2.24, 2.45) is 5.92 Å². The average Bonchev–Trinajstić information content (AvgIpc) is 2.81. The van der Waals surface area contributed by atoms with E-state index in [1.807, 2.05) is 19.1 Å². The lowest BCUT2D eigenvalue weighted by Crippen LogP contribution is -1.89. The molecule has 1 aromatic rings. The lowest BCUT2D eigenvalue weighted by Gasteiger charge is -2.01. The zero-order valence-corrected chi connectivity index (χ0v) is 7.31. The maximum absolute atomic E-state index is 12.9. The summed E-state index contributed by atoms with van der Waals surface area (Å²) in [6, 6.07) is 5.45. The van der Waals surface area contributed by atoms with Crippen LogP contribution in [0.1, 0.15) is 24.0 Å². The van der Waals surface area contributed by atoms with Crippen molar-refractivity contribution in [3.8, 4) is 0 Å². The summed E-state index contributed by atoms with van der Waals surface area (Å²) in [6.07, 6.45) is 3.86. The number of rotatable bonds is 2. The van der Waals surface area contributed by atoms with E-state index < -0.39 is 0 Å². The molecule has 0 atom stereocenters. The van der Waals surface area contributed by atoms with E-state index >= 15 is 0 Å². The van der Waals surface area contributed by atoms with Crippen LogP contribution in [0.5, 0.6) is 0 Å². The van der Waals surface area contributed by atoms with Gasteiger partial charge in [0.15, 0.2) is 0 Å². The van der Waals surface area contributed by atoms with Crippen molar-refractivity contribution >= 4 is 0 Å². The Hall–Kier alpha value is -0.850. The third kappa shape index (κ3) is 1.66. The minimum Gasteiger partial charge on any atom is -0.207 e. The highest BCUT2D eigenvalue weighted by atomic mass is 19.1. The van der Waals surface area contributed by atoms with E-state index in [0.29, 0.717) is 0 Å². The van der Waals surface area contributed by atoms with Crippen molar-refractivity contribution in [1.82, 2.24) is 0 Å². The molecule has 1 fully saturated rings. The zero-order chi connectivity index (χ0) is 8.55. The summed E-state index contributed by atoms with van der Waals surface area (Å²) in [6.45, 7) is 1.83. The van der Waals surface area contributed by atoms with Crippen LogP contribution in [-0.2, 0) is 6.42 Å². The second kappa shape index (κ2) is 2.89. The predicted octanol–water partition coefficient (Wildman–Crippen LogP) is 3.09. The van der Waals surface area contributed by atoms with Crippen LogP contribution in [0.4, 0.5) is 4.39 Å². The van der Waals surface area contributed by atoms with Crippen molar-refractivity contribution in [2.75, 3.05) is 0 Å². The molecule has 0 radical (unpaired) electrons. The summed E-state index contributed by atoms with van der Waals surface area (Å²) >= 11 is 0. The van der Waals surface area contributed by atoms with Gasteiger partial charge in [-0.05, 0) is 49.3 Å². The smallest absolute Gasteiger partial charge is 0.126 e. The van der Waals surface area contributed by atoms with Crippen LogP contribution >= 0.6 is 0 Å². The SMILES string of the molecule is Cc1cc(CC2CC2)ccc1F. The Morgan fingerprint density at radius 2 is 2.17 bits per heavy atom. The van der Waals surface area contributed by atoms with Gasteiger partial charge in [0, 0.05) is 0 Å². The molecule has 0 aromatic heterocycles. The number of halogens is 1. The average molecular weight is 164 g/mol. The molecule has 0 saturated heterocycles. The molecule has 0 heterocycles. The summed E-state index contributed by atoms with van der Waals surface area (Å²) in [5.41, 5.74) is 2.06. The maximum Gasteiger partial charge on any atom is 0.126 e. The van der Waals surface area contributed by atoms with Crippen LogP contribution in [0.25, 0.3) is 0 Å². The summed E-state index contributed by atoms with van der Waals surface area (Å²) in [5.74, 6) is 0.796. The molecule has 2 rings (SSSR count). The van der Waals surface area contributed by atoms with Gasteiger partial charge in [0.2, 0.25) is 0 Å². The Balaban J connectivity index is 2.15. The Kier molecular flexibility index (Phi) is 1.87. The van der Waals surface area contributed by atoms with Crippen LogP contribution in [0.3, 0.4) is 0 Å². The Morgan fingerprint density at radius 3 is 2.75 bits per heavy atom. The lowest BCUT2D eigenvalue weighted by molar-refractivity contribution is 0.617. The van der Waals surface area contributed by atoms with Crippen molar-refractivity contribution in [3.05, 3.63) is 35.1 Å². The van der Waals surface area contributed by atoms with Crippen molar-refractivity contribution in [3.63, 3.8) is 0 Å². The van der Waals surface area contributed by atoms with Crippen LogP contribution in [-0.4, -0.2) is 0 Å². The van der Waals surface area contributed by atoms with Gasteiger partial charge in [-0.3, -0.25) is 0 Å². The Morgan fingerprint density at radius 1 is 1.42 bits per heavy atom. The van der Waals surface area contributed by atoms with E-state index in [9.17, 15) is 4.39 Å². The standard InChI is InChI=1S/C11H13F/c1-8-6-10(4-5-11(8)12)7-9-2-3-9/h4-6,9H,2-3,7H2,1H3. The minimum absolute atomic E-state index is 0.0884. The number of aryl methyl sites for hydroxylation is 1. The largest absolute Gasteiger partial charge is 0.207 e. The number of hydrogen-bond donors (Lipinski definition) is 0. The van der Waals surface area contributed by atoms with Crippen molar-refractivity contribution in [1.29, 1.82) is 0 Å². The molecule has 0 aliphatic heterocycles. The maximum atomic E-state index is 12.9. The van der Waals surface area contributed by atoms with Gasteiger partial charge in [0.05, 0.1) is 0 Å². The molecule has 1 aliphatic rings. The molecule has 0 N–H and O–H groups in total. The molecular formula is C11H13F. The quantitative estimate of drug-likeness (QED) is 0.630. The van der Waals surface area contributed by atoms with Crippen LogP contribution in [0.15, 0.2) is 18.2 Å². The van der Waals surface area contributed by atoms with E-state index in [1.54, 1.807) is 6.07 Å². The third-order valence-corrected chi connectivity index (χ3v) is 2.44. The highest BCUT2D eigenvalue weighted by Crippen LogP contribution is 2.32. The minimum atomic E-state index is -0.0884. The fourth-order valence-electron chi connectivity index (χ4n) is 1.49. The molecule has 1 aliphatic carbocycles. The molecule has 0 unspecified atom stereocenters. The normalized spacial score (nSPS) is 16.5. The molecule has 1 heteroatoms. The highest BCUT2D eigenvalue weighted by molar-refractivity contribution is 5.24. The third-order valence-electron chi connectivity index (χ3n) is 2.44. The second-order valence-electron chi connectivity index (χ2n) is 3.73. The first-order valence-electron chi connectivity index (χ1n) is 4.51. The van der Waals surface area contributed by atoms with Crippen molar-refractivity contribution in [2.45, 2.75) is 26.2 Å².